The molecule has 38 heavy (non-hydrogen) atoms. The zero-order chi connectivity index (χ0) is 25.9. The summed E-state index contributed by atoms with van der Waals surface area (Å²) in [6.45, 7) is 3.02. The first kappa shape index (κ1) is 23.7. The Morgan fingerprint density at radius 3 is 2.24 bits per heavy atom. The number of fused-ring (bicyclic) bond motifs is 2. The van der Waals surface area contributed by atoms with Crippen molar-refractivity contribution in [1.82, 2.24) is 9.88 Å². The Bertz CT molecular complexity index is 1630. The lowest BCUT2D eigenvalue weighted by Gasteiger charge is -2.19. The number of benzene rings is 4. The molecule has 5 heteroatoms. The van der Waals surface area contributed by atoms with E-state index >= 15 is 0 Å². The van der Waals surface area contributed by atoms with E-state index in [9.17, 15) is 10.4 Å². The highest BCUT2D eigenvalue weighted by atomic mass is 16.3. The minimum absolute atomic E-state index is 0.0384. The van der Waals surface area contributed by atoms with Crippen LogP contribution < -0.4 is 0 Å². The number of aromatic hydroxyl groups is 1. The van der Waals surface area contributed by atoms with Crippen LogP contribution in [0.1, 0.15) is 33.4 Å². The Morgan fingerprint density at radius 1 is 0.868 bits per heavy atom. The van der Waals surface area contributed by atoms with Gasteiger partial charge in [0.2, 0.25) is 0 Å². The molecule has 1 aliphatic rings. The topological polar surface area (TPSA) is 75.4 Å². The summed E-state index contributed by atoms with van der Waals surface area (Å²) in [5.74, 6) is 0.0384. The van der Waals surface area contributed by atoms with E-state index in [0.717, 1.165) is 54.6 Å². The smallest absolute Gasteiger partial charge is 0.199 e. The third kappa shape index (κ3) is 4.82. The van der Waals surface area contributed by atoms with Crippen molar-refractivity contribution in [2.45, 2.75) is 19.4 Å². The standard InChI is InChI=1S/C33H28N4O/c34-21-24-12-15-30-29(20-24)31(33(38)36-30)32(27-8-2-1-3-9-27)35-28-13-10-23(11-14-28)22-37-18-16-25-6-4-5-7-26(25)17-19-37/h1-15,20,36,38H,16-19,22H2. The Balaban J connectivity index is 1.30. The van der Waals surface area contributed by atoms with Gasteiger partial charge >= 0.3 is 0 Å². The molecular weight excluding hydrogens is 468 g/mol. The van der Waals surface area contributed by atoms with Gasteiger partial charge in [-0.1, -0.05) is 66.7 Å². The Labute approximate surface area is 222 Å². The molecule has 0 aliphatic carbocycles. The Morgan fingerprint density at radius 2 is 1.55 bits per heavy atom. The molecule has 4 aromatic carbocycles. The van der Waals surface area contributed by atoms with Gasteiger partial charge in [0.25, 0.3) is 0 Å². The molecule has 1 aliphatic heterocycles. The number of aromatic nitrogens is 1. The van der Waals surface area contributed by atoms with Gasteiger partial charge < -0.3 is 10.1 Å². The van der Waals surface area contributed by atoms with E-state index < -0.39 is 0 Å². The summed E-state index contributed by atoms with van der Waals surface area (Å²) in [5.41, 5.74) is 8.43. The van der Waals surface area contributed by atoms with Crippen molar-refractivity contribution in [3.8, 4) is 11.9 Å². The summed E-state index contributed by atoms with van der Waals surface area (Å²) in [4.78, 5) is 10.6. The van der Waals surface area contributed by atoms with E-state index in [0.29, 0.717) is 16.8 Å². The highest BCUT2D eigenvalue weighted by Crippen LogP contribution is 2.32. The summed E-state index contributed by atoms with van der Waals surface area (Å²) in [6, 6.07) is 34.5. The van der Waals surface area contributed by atoms with Crippen LogP contribution in [-0.2, 0) is 19.4 Å². The number of nitriles is 1. The van der Waals surface area contributed by atoms with Crippen molar-refractivity contribution in [2.75, 3.05) is 13.1 Å². The van der Waals surface area contributed by atoms with Gasteiger partial charge in [-0.25, -0.2) is 4.99 Å². The third-order valence-electron chi connectivity index (χ3n) is 7.29. The molecule has 2 N–H and O–H groups in total. The molecule has 0 spiro atoms. The Kier molecular flexibility index (Phi) is 6.47. The van der Waals surface area contributed by atoms with Gasteiger partial charge in [0.15, 0.2) is 5.88 Å². The summed E-state index contributed by atoms with van der Waals surface area (Å²) < 4.78 is 0. The summed E-state index contributed by atoms with van der Waals surface area (Å²) in [7, 11) is 0. The van der Waals surface area contributed by atoms with Crippen molar-refractivity contribution < 1.29 is 5.11 Å². The van der Waals surface area contributed by atoms with Crippen molar-refractivity contribution in [3.63, 3.8) is 0 Å². The summed E-state index contributed by atoms with van der Waals surface area (Å²) in [5, 5.41) is 21.1. The van der Waals surface area contributed by atoms with Gasteiger partial charge in [-0.05, 0) is 59.9 Å². The van der Waals surface area contributed by atoms with Crippen LogP contribution in [0.2, 0.25) is 0 Å². The minimum atomic E-state index is 0.0384. The highest BCUT2D eigenvalue weighted by Gasteiger charge is 2.19. The van der Waals surface area contributed by atoms with Crippen molar-refractivity contribution >= 4 is 22.3 Å². The van der Waals surface area contributed by atoms with Gasteiger partial charge in [0.1, 0.15) is 0 Å². The number of nitrogens with zero attached hydrogens (tertiary/aromatic N) is 3. The normalized spacial score (nSPS) is 14.1. The Hall–Kier alpha value is -4.66. The van der Waals surface area contributed by atoms with Gasteiger partial charge in [0, 0.05) is 36.1 Å². The number of hydrogen-bond donors (Lipinski definition) is 2. The number of nitrogens with one attached hydrogen (secondary N) is 1. The van der Waals surface area contributed by atoms with Gasteiger partial charge in [-0.3, -0.25) is 4.90 Å². The van der Waals surface area contributed by atoms with Crippen LogP contribution in [0.5, 0.6) is 5.88 Å². The third-order valence-corrected chi connectivity index (χ3v) is 7.29. The van der Waals surface area contributed by atoms with Crippen molar-refractivity contribution in [2.24, 2.45) is 4.99 Å². The number of hydrogen-bond acceptors (Lipinski definition) is 4. The fraction of sp³-hybridized carbons (Fsp3) is 0.152. The van der Waals surface area contributed by atoms with Crippen LogP contribution >= 0.6 is 0 Å². The number of rotatable bonds is 5. The molecule has 5 aromatic rings. The highest BCUT2D eigenvalue weighted by molar-refractivity contribution is 6.22. The predicted octanol–water partition coefficient (Wildman–Crippen LogP) is 6.52. The molecule has 0 bridgehead atoms. The molecule has 0 saturated carbocycles. The quantitative estimate of drug-likeness (QED) is 0.272. The van der Waals surface area contributed by atoms with Crippen LogP contribution in [0.15, 0.2) is 102 Å². The zero-order valence-corrected chi connectivity index (χ0v) is 21.1. The lowest BCUT2D eigenvalue weighted by molar-refractivity contribution is 0.279. The summed E-state index contributed by atoms with van der Waals surface area (Å²) in [6.07, 6.45) is 2.17. The van der Waals surface area contributed by atoms with E-state index in [2.05, 4.69) is 52.4 Å². The van der Waals surface area contributed by atoms with Gasteiger partial charge in [0.05, 0.1) is 28.6 Å². The first-order valence-corrected chi connectivity index (χ1v) is 13.0. The number of aromatic amines is 1. The van der Waals surface area contributed by atoms with Gasteiger partial charge in [-0.15, -0.1) is 0 Å². The lowest BCUT2D eigenvalue weighted by atomic mass is 10.00. The fourth-order valence-corrected chi connectivity index (χ4v) is 5.28. The second-order valence-electron chi connectivity index (χ2n) is 9.76. The molecule has 0 unspecified atom stereocenters. The molecular formula is C33H28N4O. The molecule has 0 radical (unpaired) electrons. The number of H-pyrrole nitrogens is 1. The molecule has 186 valence electrons. The lowest BCUT2D eigenvalue weighted by Crippen LogP contribution is -2.25. The van der Waals surface area contributed by atoms with Crippen LogP contribution in [0.3, 0.4) is 0 Å². The summed E-state index contributed by atoms with van der Waals surface area (Å²) >= 11 is 0. The molecule has 0 atom stereocenters. The second kappa shape index (κ2) is 10.4. The molecule has 5 nitrogen and oxygen atoms in total. The molecule has 2 heterocycles. The first-order chi connectivity index (χ1) is 18.7. The van der Waals surface area contributed by atoms with E-state index in [1.807, 2.05) is 48.5 Å². The first-order valence-electron chi connectivity index (χ1n) is 13.0. The SMILES string of the molecule is N#Cc1ccc2[nH]c(O)c(C(=Nc3ccc(CN4CCc5ccccc5CC4)cc3)c3ccccc3)c2c1. The van der Waals surface area contributed by atoms with Crippen LogP contribution in [-0.4, -0.2) is 33.8 Å². The second-order valence-corrected chi connectivity index (χ2v) is 9.76. The predicted molar refractivity (Wildman–Crippen MR) is 152 cm³/mol. The van der Waals surface area contributed by atoms with Gasteiger partial charge in [-0.2, -0.15) is 5.26 Å². The monoisotopic (exact) mass is 496 g/mol. The average Bonchev–Trinajstić information content (AvgIpc) is 3.14. The zero-order valence-electron chi connectivity index (χ0n) is 21.1. The maximum Gasteiger partial charge on any atom is 0.199 e. The molecule has 1 aromatic heterocycles. The molecule has 0 fully saturated rings. The van der Waals surface area contributed by atoms with E-state index in [1.54, 1.807) is 12.1 Å². The fourth-order valence-electron chi connectivity index (χ4n) is 5.28. The van der Waals surface area contributed by atoms with E-state index in [-0.39, 0.29) is 5.88 Å². The molecule has 0 saturated heterocycles. The van der Waals surface area contributed by atoms with Crippen LogP contribution in [0.4, 0.5) is 5.69 Å². The van der Waals surface area contributed by atoms with Crippen LogP contribution in [0.25, 0.3) is 10.9 Å². The van der Waals surface area contributed by atoms with Crippen molar-refractivity contribution in [3.05, 3.63) is 130 Å². The largest absolute Gasteiger partial charge is 0.494 e. The molecule has 6 rings (SSSR count). The average molecular weight is 497 g/mol. The molecule has 0 amide bonds. The van der Waals surface area contributed by atoms with Crippen molar-refractivity contribution in [1.29, 1.82) is 5.26 Å². The minimum Gasteiger partial charge on any atom is -0.494 e. The maximum atomic E-state index is 10.9. The maximum absolute atomic E-state index is 10.9. The number of aliphatic imine (C=N–C) groups is 1. The van der Waals surface area contributed by atoms with E-state index in [4.69, 9.17) is 4.99 Å². The van der Waals surface area contributed by atoms with Crippen LogP contribution in [0, 0.1) is 11.3 Å². The van der Waals surface area contributed by atoms with E-state index in [1.165, 1.54) is 16.7 Å².